The first-order chi connectivity index (χ1) is 8.72. The van der Waals surface area contributed by atoms with Crippen molar-refractivity contribution < 1.29 is 4.84 Å². The van der Waals surface area contributed by atoms with Gasteiger partial charge in [0.25, 0.3) is 0 Å². The third kappa shape index (κ3) is 2.89. The lowest BCUT2D eigenvalue weighted by atomic mass is 10.2. The fourth-order valence-corrected chi connectivity index (χ4v) is 1.91. The van der Waals surface area contributed by atoms with Gasteiger partial charge in [-0.05, 0) is 18.9 Å². The number of nitrogens with zero attached hydrogens (tertiary/aromatic N) is 2. The van der Waals surface area contributed by atoms with Crippen molar-refractivity contribution >= 4 is 10.9 Å². The Hall–Kier alpha value is -1.39. The number of aromatic nitrogens is 2. The number of hydrogen-bond donors (Lipinski definition) is 1. The second-order valence-electron chi connectivity index (χ2n) is 4.81. The van der Waals surface area contributed by atoms with E-state index in [0.717, 1.165) is 12.2 Å². The molecule has 4 heteroatoms. The fraction of sp³-hybridized carbons (Fsp3) is 0.500. The Labute approximate surface area is 108 Å². The number of hydroxylamine groups is 1. The van der Waals surface area contributed by atoms with Crippen LogP contribution in [-0.2, 0) is 17.9 Å². The lowest BCUT2D eigenvalue weighted by Crippen LogP contribution is -2.18. The van der Waals surface area contributed by atoms with Crippen molar-refractivity contribution in [1.29, 1.82) is 0 Å². The summed E-state index contributed by atoms with van der Waals surface area (Å²) in [7, 11) is 0. The van der Waals surface area contributed by atoms with Gasteiger partial charge in [-0.25, -0.2) is 0 Å². The first kappa shape index (κ1) is 13.1. The molecule has 0 atom stereocenters. The molecule has 0 spiro atoms. The SMILES string of the molecule is CCn1nc(CNOCC(C)C)c2ccccc21. The Morgan fingerprint density at radius 3 is 2.83 bits per heavy atom. The van der Waals surface area contributed by atoms with Gasteiger partial charge in [0.1, 0.15) is 0 Å². The predicted octanol–water partition coefficient (Wildman–Crippen LogP) is 2.73. The van der Waals surface area contributed by atoms with Gasteiger partial charge in [0.05, 0.1) is 24.4 Å². The van der Waals surface area contributed by atoms with Crippen molar-refractivity contribution in [3.05, 3.63) is 30.0 Å². The van der Waals surface area contributed by atoms with Crippen molar-refractivity contribution in [3.63, 3.8) is 0 Å². The number of para-hydroxylation sites is 1. The summed E-state index contributed by atoms with van der Waals surface area (Å²) in [6.45, 7) is 8.59. The van der Waals surface area contributed by atoms with E-state index >= 15 is 0 Å². The number of nitrogens with one attached hydrogen (secondary N) is 1. The van der Waals surface area contributed by atoms with Crippen molar-refractivity contribution in [2.24, 2.45) is 5.92 Å². The van der Waals surface area contributed by atoms with Crippen LogP contribution in [0.3, 0.4) is 0 Å². The molecule has 2 aromatic rings. The number of hydrogen-bond acceptors (Lipinski definition) is 3. The quantitative estimate of drug-likeness (QED) is 0.630. The Morgan fingerprint density at radius 2 is 2.11 bits per heavy atom. The van der Waals surface area contributed by atoms with Gasteiger partial charge < -0.3 is 4.84 Å². The molecule has 0 bridgehead atoms. The van der Waals surface area contributed by atoms with Crippen molar-refractivity contribution in [2.45, 2.75) is 33.9 Å². The maximum absolute atomic E-state index is 5.39. The first-order valence-electron chi connectivity index (χ1n) is 6.51. The van der Waals surface area contributed by atoms with Crippen molar-refractivity contribution in [3.8, 4) is 0 Å². The van der Waals surface area contributed by atoms with Crippen LogP contribution >= 0.6 is 0 Å². The normalized spacial score (nSPS) is 11.6. The zero-order chi connectivity index (χ0) is 13.0. The van der Waals surface area contributed by atoms with E-state index in [4.69, 9.17) is 4.84 Å². The summed E-state index contributed by atoms with van der Waals surface area (Å²) < 4.78 is 2.02. The smallest absolute Gasteiger partial charge is 0.0864 e. The van der Waals surface area contributed by atoms with E-state index in [9.17, 15) is 0 Å². The Bertz CT molecular complexity index is 505. The Balaban J connectivity index is 2.08. The molecule has 98 valence electrons. The molecule has 18 heavy (non-hydrogen) atoms. The largest absolute Gasteiger partial charge is 0.301 e. The molecule has 0 aliphatic rings. The minimum atomic E-state index is 0.530. The number of rotatable bonds is 6. The summed E-state index contributed by atoms with van der Waals surface area (Å²) in [4.78, 5) is 5.39. The first-order valence-corrected chi connectivity index (χ1v) is 6.51. The summed E-state index contributed by atoms with van der Waals surface area (Å²) in [5, 5.41) is 5.79. The molecule has 1 aromatic heterocycles. The minimum Gasteiger partial charge on any atom is -0.301 e. The van der Waals surface area contributed by atoms with Crippen LogP contribution in [0.5, 0.6) is 0 Å². The number of benzene rings is 1. The van der Waals surface area contributed by atoms with Gasteiger partial charge in [0.15, 0.2) is 0 Å². The lowest BCUT2D eigenvalue weighted by molar-refractivity contribution is 0.0191. The van der Waals surface area contributed by atoms with E-state index < -0.39 is 0 Å². The zero-order valence-electron chi connectivity index (χ0n) is 11.3. The molecule has 1 aromatic carbocycles. The van der Waals surface area contributed by atoms with Crippen LogP contribution in [0.1, 0.15) is 26.5 Å². The molecular formula is C14H21N3O. The maximum Gasteiger partial charge on any atom is 0.0864 e. The summed E-state index contributed by atoms with van der Waals surface area (Å²) in [5.41, 5.74) is 5.21. The molecule has 2 rings (SSSR count). The molecule has 0 saturated carbocycles. The highest BCUT2D eigenvalue weighted by atomic mass is 16.6. The highest BCUT2D eigenvalue weighted by Gasteiger charge is 2.08. The fourth-order valence-electron chi connectivity index (χ4n) is 1.91. The second kappa shape index (κ2) is 5.98. The van der Waals surface area contributed by atoms with Gasteiger partial charge >= 0.3 is 0 Å². The zero-order valence-corrected chi connectivity index (χ0v) is 11.3. The molecular weight excluding hydrogens is 226 g/mol. The van der Waals surface area contributed by atoms with Gasteiger partial charge in [-0.15, -0.1) is 0 Å². The van der Waals surface area contributed by atoms with Crippen LogP contribution in [0.4, 0.5) is 0 Å². The molecule has 0 aliphatic heterocycles. The minimum absolute atomic E-state index is 0.530. The molecule has 1 heterocycles. The molecule has 0 aliphatic carbocycles. The molecule has 0 saturated heterocycles. The summed E-state index contributed by atoms with van der Waals surface area (Å²) >= 11 is 0. The molecule has 0 radical (unpaired) electrons. The standard InChI is InChI=1S/C14H21N3O/c1-4-17-14-8-6-5-7-12(14)13(16-17)9-15-18-10-11(2)3/h5-8,11,15H,4,9-10H2,1-3H3. The average molecular weight is 247 g/mol. The van der Waals surface area contributed by atoms with Crippen LogP contribution in [0, 0.1) is 5.92 Å². The molecule has 4 nitrogen and oxygen atoms in total. The molecule has 0 fully saturated rings. The van der Waals surface area contributed by atoms with Crippen LogP contribution < -0.4 is 5.48 Å². The predicted molar refractivity (Wildman–Crippen MR) is 73.0 cm³/mol. The van der Waals surface area contributed by atoms with Crippen LogP contribution in [0.2, 0.25) is 0 Å². The third-order valence-electron chi connectivity index (χ3n) is 2.79. The van der Waals surface area contributed by atoms with Crippen LogP contribution in [0.15, 0.2) is 24.3 Å². The maximum atomic E-state index is 5.39. The van der Waals surface area contributed by atoms with E-state index in [1.807, 2.05) is 16.8 Å². The van der Waals surface area contributed by atoms with Crippen molar-refractivity contribution in [2.75, 3.05) is 6.61 Å². The highest BCUT2D eigenvalue weighted by molar-refractivity contribution is 5.81. The van der Waals surface area contributed by atoms with E-state index in [1.165, 1.54) is 10.9 Å². The van der Waals surface area contributed by atoms with Gasteiger partial charge in [0, 0.05) is 11.9 Å². The molecule has 1 N–H and O–H groups in total. The number of fused-ring (bicyclic) bond motifs is 1. The van der Waals surface area contributed by atoms with Crippen LogP contribution in [0.25, 0.3) is 10.9 Å². The van der Waals surface area contributed by atoms with Crippen LogP contribution in [-0.4, -0.2) is 16.4 Å². The van der Waals surface area contributed by atoms with Gasteiger partial charge in [-0.2, -0.15) is 10.6 Å². The van der Waals surface area contributed by atoms with Gasteiger partial charge in [-0.1, -0.05) is 32.0 Å². The lowest BCUT2D eigenvalue weighted by Gasteiger charge is -2.06. The topological polar surface area (TPSA) is 39.1 Å². The summed E-state index contributed by atoms with van der Waals surface area (Å²) in [6.07, 6.45) is 0. The Morgan fingerprint density at radius 1 is 1.33 bits per heavy atom. The van der Waals surface area contributed by atoms with E-state index in [0.29, 0.717) is 19.1 Å². The monoisotopic (exact) mass is 247 g/mol. The Kier molecular flexibility index (Phi) is 4.33. The second-order valence-corrected chi connectivity index (χ2v) is 4.81. The third-order valence-corrected chi connectivity index (χ3v) is 2.79. The van der Waals surface area contributed by atoms with Crippen molar-refractivity contribution in [1.82, 2.24) is 15.3 Å². The molecule has 0 unspecified atom stereocenters. The number of aryl methyl sites for hydroxylation is 1. The van der Waals surface area contributed by atoms with Gasteiger partial charge in [0.2, 0.25) is 0 Å². The summed E-state index contributed by atoms with van der Waals surface area (Å²) in [6, 6.07) is 8.30. The van der Waals surface area contributed by atoms with E-state index in [1.54, 1.807) is 0 Å². The molecule has 0 amide bonds. The van der Waals surface area contributed by atoms with E-state index in [2.05, 4.69) is 43.5 Å². The average Bonchev–Trinajstić information content (AvgIpc) is 2.73. The van der Waals surface area contributed by atoms with Gasteiger partial charge in [-0.3, -0.25) is 4.68 Å². The summed E-state index contributed by atoms with van der Waals surface area (Å²) in [5.74, 6) is 0.530. The van der Waals surface area contributed by atoms with E-state index in [-0.39, 0.29) is 0 Å². The highest BCUT2D eigenvalue weighted by Crippen LogP contribution is 2.18.